The van der Waals surface area contributed by atoms with E-state index in [0.29, 0.717) is 24.4 Å². The Morgan fingerprint density at radius 2 is 1.88 bits per heavy atom. The van der Waals surface area contributed by atoms with Crippen molar-refractivity contribution in [2.45, 2.75) is 38.3 Å². The Kier molecular flexibility index (Phi) is 5.86. The third-order valence-corrected chi connectivity index (χ3v) is 6.26. The number of fused-ring (bicyclic) bond motifs is 2. The molecule has 33 heavy (non-hydrogen) atoms. The number of carbonyl (C=O) groups is 2. The Morgan fingerprint density at radius 1 is 1.12 bits per heavy atom. The predicted molar refractivity (Wildman–Crippen MR) is 126 cm³/mol. The number of amides is 1. The number of anilines is 1. The first-order valence-electron chi connectivity index (χ1n) is 11.5. The zero-order valence-electron chi connectivity index (χ0n) is 18.6. The van der Waals surface area contributed by atoms with E-state index >= 15 is 0 Å². The van der Waals surface area contributed by atoms with Gasteiger partial charge in [-0.3, -0.25) is 4.79 Å². The summed E-state index contributed by atoms with van der Waals surface area (Å²) in [6.45, 7) is 3.83. The fourth-order valence-electron chi connectivity index (χ4n) is 4.48. The Morgan fingerprint density at radius 3 is 2.73 bits per heavy atom. The number of carbonyl (C=O) groups excluding carboxylic acids is 2. The van der Waals surface area contributed by atoms with Gasteiger partial charge in [0.05, 0.1) is 18.2 Å². The molecule has 0 radical (unpaired) electrons. The van der Waals surface area contributed by atoms with Crippen molar-refractivity contribution in [3.63, 3.8) is 0 Å². The molecule has 1 aromatic heterocycles. The molecule has 170 valence electrons. The van der Waals surface area contributed by atoms with Gasteiger partial charge in [0.15, 0.2) is 6.10 Å². The minimum Gasteiger partial charge on any atom is -0.493 e. The van der Waals surface area contributed by atoms with Crippen LogP contribution in [0.1, 0.15) is 48.1 Å². The van der Waals surface area contributed by atoms with Crippen LogP contribution in [0.25, 0.3) is 10.9 Å². The summed E-state index contributed by atoms with van der Waals surface area (Å²) in [5.41, 5.74) is 2.16. The van der Waals surface area contributed by atoms with E-state index in [1.165, 1.54) is 0 Å². The van der Waals surface area contributed by atoms with Gasteiger partial charge >= 0.3 is 5.97 Å². The van der Waals surface area contributed by atoms with E-state index in [9.17, 15) is 9.59 Å². The second-order valence-electron chi connectivity index (χ2n) is 8.53. The summed E-state index contributed by atoms with van der Waals surface area (Å²) in [5, 5.41) is 3.87. The summed E-state index contributed by atoms with van der Waals surface area (Å²) < 4.78 is 11.3. The molecule has 2 aliphatic rings. The van der Waals surface area contributed by atoms with Gasteiger partial charge in [0.2, 0.25) is 0 Å². The highest BCUT2D eigenvalue weighted by Crippen LogP contribution is 2.32. The van der Waals surface area contributed by atoms with Crippen LogP contribution in [0.3, 0.4) is 0 Å². The van der Waals surface area contributed by atoms with Crippen LogP contribution in [-0.4, -0.2) is 42.7 Å². The number of rotatable bonds is 5. The Balaban J connectivity index is 1.34. The maximum Gasteiger partial charge on any atom is 0.342 e. The van der Waals surface area contributed by atoms with Crippen molar-refractivity contribution < 1.29 is 19.1 Å². The van der Waals surface area contributed by atoms with Gasteiger partial charge in [0, 0.05) is 30.5 Å². The number of benzene rings is 2. The summed E-state index contributed by atoms with van der Waals surface area (Å²) in [6.07, 6.45) is 1.85. The molecule has 2 aliphatic heterocycles. The first-order chi connectivity index (χ1) is 16.1. The Hall–Kier alpha value is -3.61. The van der Waals surface area contributed by atoms with Crippen LogP contribution in [0.5, 0.6) is 5.75 Å². The number of para-hydroxylation sites is 2. The third kappa shape index (κ3) is 4.35. The minimum absolute atomic E-state index is 0.175. The molecule has 3 aromatic rings. The van der Waals surface area contributed by atoms with Crippen LogP contribution in [0.15, 0.2) is 54.6 Å². The van der Waals surface area contributed by atoms with Gasteiger partial charge in [0.1, 0.15) is 17.1 Å². The summed E-state index contributed by atoms with van der Waals surface area (Å²) in [5.74, 6) is 0.532. The van der Waals surface area contributed by atoms with Crippen LogP contribution < -0.4 is 15.0 Å². The van der Waals surface area contributed by atoms with Crippen LogP contribution in [0.2, 0.25) is 0 Å². The largest absolute Gasteiger partial charge is 0.493 e. The molecule has 0 aliphatic carbocycles. The molecule has 1 N–H and O–H groups in total. The van der Waals surface area contributed by atoms with Crippen molar-refractivity contribution in [2.24, 2.45) is 0 Å². The molecule has 2 atom stereocenters. The molecule has 7 nitrogen and oxygen atoms in total. The molecule has 3 heterocycles. The second-order valence-corrected chi connectivity index (χ2v) is 8.53. The van der Waals surface area contributed by atoms with Crippen molar-refractivity contribution in [1.29, 1.82) is 0 Å². The van der Waals surface area contributed by atoms with Gasteiger partial charge in [-0.15, -0.1) is 0 Å². The average Bonchev–Trinajstić information content (AvgIpc) is 3.38. The first kappa shape index (κ1) is 21.2. The molecule has 1 fully saturated rings. The monoisotopic (exact) mass is 445 g/mol. The summed E-state index contributed by atoms with van der Waals surface area (Å²) in [4.78, 5) is 32.9. The van der Waals surface area contributed by atoms with E-state index in [4.69, 9.17) is 14.5 Å². The van der Waals surface area contributed by atoms with Gasteiger partial charge in [-0.05, 0) is 38.0 Å². The lowest BCUT2D eigenvalue weighted by molar-refractivity contribution is -0.130. The van der Waals surface area contributed by atoms with Crippen molar-refractivity contribution in [3.05, 3.63) is 65.7 Å². The van der Waals surface area contributed by atoms with Crippen molar-refractivity contribution in [3.8, 4) is 5.75 Å². The number of aromatic nitrogens is 1. The molecular formula is C26H27N3O4. The molecular weight excluding hydrogens is 418 g/mol. The van der Waals surface area contributed by atoms with E-state index in [1.54, 1.807) is 6.92 Å². The molecule has 1 saturated heterocycles. The third-order valence-electron chi connectivity index (χ3n) is 6.26. The normalized spacial score (nSPS) is 18.3. The van der Waals surface area contributed by atoms with Crippen molar-refractivity contribution in [1.82, 2.24) is 10.3 Å². The fraction of sp³-hybridized carbons (Fsp3) is 0.346. The van der Waals surface area contributed by atoms with E-state index in [0.717, 1.165) is 48.1 Å². The molecule has 0 bridgehead atoms. The highest BCUT2D eigenvalue weighted by atomic mass is 16.5. The molecule has 5 rings (SSSR count). The smallest absolute Gasteiger partial charge is 0.342 e. The molecule has 2 aromatic carbocycles. The number of hydrogen-bond donors (Lipinski definition) is 1. The van der Waals surface area contributed by atoms with Gasteiger partial charge in [-0.2, -0.15) is 0 Å². The quantitative estimate of drug-likeness (QED) is 0.598. The summed E-state index contributed by atoms with van der Waals surface area (Å²) in [7, 11) is 0. The molecule has 1 amide bonds. The first-order valence-corrected chi connectivity index (χ1v) is 11.5. The van der Waals surface area contributed by atoms with Crippen molar-refractivity contribution >= 4 is 28.6 Å². The lowest BCUT2D eigenvalue weighted by Crippen LogP contribution is -2.39. The van der Waals surface area contributed by atoms with Gasteiger partial charge in [-0.1, -0.05) is 36.4 Å². The van der Waals surface area contributed by atoms with E-state index in [-0.39, 0.29) is 11.9 Å². The standard InChI is InChI=1S/C26H27N3O4/c1-17(25(30)28-22-12-15-32-23-11-5-3-9-19(22)23)33-26(31)20-16-18-8-2-4-10-21(18)27-24(20)29-13-6-7-14-29/h2-5,8-11,16-17,22H,6-7,12-15H2,1H3,(H,28,30). The second kappa shape index (κ2) is 9.10. The lowest BCUT2D eigenvalue weighted by atomic mass is 10.0. The van der Waals surface area contributed by atoms with E-state index < -0.39 is 12.1 Å². The average molecular weight is 446 g/mol. The van der Waals surface area contributed by atoms with Gasteiger partial charge in [0.25, 0.3) is 5.91 Å². The Labute approximate surface area is 192 Å². The topological polar surface area (TPSA) is 80.8 Å². The predicted octanol–water partition coefficient (Wildman–Crippen LogP) is 4.02. The summed E-state index contributed by atoms with van der Waals surface area (Å²) >= 11 is 0. The number of hydrogen-bond acceptors (Lipinski definition) is 6. The number of ether oxygens (including phenoxy) is 2. The van der Waals surface area contributed by atoms with Gasteiger partial charge < -0.3 is 19.7 Å². The SMILES string of the molecule is CC(OC(=O)c1cc2ccccc2nc1N1CCCC1)C(=O)NC1CCOc2ccccc21. The van der Waals surface area contributed by atoms with E-state index in [1.807, 2.05) is 54.6 Å². The maximum atomic E-state index is 13.2. The summed E-state index contributed by atoms with van der Waals surface area (Å²) in [6, 6.07) is 17.0. The lowest BCUT2D eigenvalue weighted by Gasteiger charge is -2.27. The fourth-order valence-corrected chi connectivity index (χ4v) is 4.48. The van der Waals surface area contributed by atoms with Crippen LogP contribution in [0.4, 0.5) is 5.82 Å². The number of nitrogens with one attached hydrogen (secondary N) is 1. The van der Waals surface area contributed by atoms with Crippen molar-refractivity contribution in [2.75, 3.05) is 24.6 Å². The number of nitrogens with zero attached hydrogens (tertiary/aromatic N) is 2. The number of pyridine rings is 1. The zero-order chi connectivity index (χ0) is 22.8. The molecule has 2 unspecified atom stereocenters. The molecule has 7 heteroatoms. The maximum absolute atomic E-state index is 13.2. The van der Waals surface area contributed by atoms with E-state index in [2.05, 4.69) is 10.2 Å². The number of esters is 1. The van der Waals surface area contributed by atoms with Crippen LogP contribution >= 0.6 is 0 Å². The minimum atomic E-state index is -0.939. The van der Waals surface area contributed by atoms with Crippen LogP contribution in [0, 0.1) is 0 Å². The van der Waals surface area contributed by atoms with Crippen LogP contribution in [-0.2, 0) is 9.53 Å². The highest BCUT2D eigenvalue weighted by Gasteiger charge is 2.28. The molecule has 0 spiro atoms. The highest BCUT2D eigenvalue weighted by molar-refractivity contribution is 6.00. The molecule has 0 saturated carbocycles. The zero-order valence-corrected chi connectivity index (χ0v) is 18.6. The van der Waals surface area contributed by atoms with Gasteiger partial charge in [-0.25, -0.2) is 9.78 Å². The Bertz CT molecular complexity index is 1190.